The van der Waals surface area contributed by atoms with E-state index in [4.69, 9.17) is 11.6 Å². The maximum Gasteiger partial charge on any atom is 0.256 e. The Bertz CT molecular complexity index is 936. The molecule has 1 amide bonds. The second-order valence-corrected chi connectivity index (χ2v) is 7.31. The second-order valence-electron chi connectivity index (χ2n) is 4.98. The molecule has 0 fully saturated rings. The van der Waals surface area contributed by atoms with Gasteiger partial charge < -0.3 is 5.32 Å². The lowest BCUT2D eigenvalue weighted by Crippen LogP contribution is -2.18. The molecule has 5 nitrogen and oxygen atoms in total. The number of carbonyl (C=O) groups is 1. The zero-order chi connectivity index (χ0) is 16.6. The van der Waals surface area contributed by atoms with Crippen LogP contribution in [0.25, 0.3) is 11.6 Å². The number of benzene rings is 2. The summed E-state index contributed by atoms with van der Waals surface area (Å²) in [5.41, 5.74) is 2.44. The van der Waals surface area contributed by atoms with E-state index in [1.807, 2.05) is 0 Å². The summed E-state index contributed by atoms with van der Waals surface area (Å²) in [5, 5.41) is 3.28. The van der Waals surface area contributed by atoms with E-state index in [2.05, 4.69) is 10.0 Å². The minimum absolute atomic E-state index is 0.138. The van der Waals surface area contributed by atoms with Crippen LogP contribution in [0.1, 0.15) is 11.1 Å². The van der Waals surface area contributed by atoms with Crippen LogP contribution in [-0.2, 0) is 14.8 Å². The lowest BCUT2D eigenvalue weighted by molar-refractivity contribution is -0.110. The van der Waals surface area contributed by atoms with Crippen LogP contribution in [0.5, 0.6) is 0 Å². The van der Waals surface area contributed by atoms with Crippen LogP contribution < -0.4 is 10.0 Å². The summed E-state index contributed by atoms with van der Waals surface area (Å²) in [5.74, 6) is -0.246. The maximum absolute atomic E-state index is 12.1. The molecule has 2 aromatic carbocycles. The first kappa shape index (κ1) is 15.7. The third kappa shape index (κ3) is 3.01. The molecule has 23 heavy (non-hydrogen) atoms. The van der Waals surface area contributed by atoms with Gasteiger partial charge in [0.1, 0.15) is 0 Å². The Hall–Kier alpha value is -2.15. The molecule has 0 unspecified atom stereocenters. The topological polar surface area (TPSA) is 75.3 Å². The number of rotatable bonds is 3. The van der Waals surface area contributed by atoms with Crippen molar-refractivity contribution < 1.29 is 13.2 Å². The third-order valence-electron chi connectivity index (χ3n) is 3.51. The fraction of sp³-hybridized carbons (Fsp3) is 0.0625. The van der Waals surface area contributed by atoms with Crippen molar-refractivity contribution in [1.29, 1.82) is 0 Å². The molecule has 1 aliphatic heterocycles. The van der Waals surface area contributed by atoms with E-state index in [1.165, 1.54) is 19.2 Å². The highest BCUT2D eigenvalue weighted by molar-refractivity contribution is 7.89. The van der Waals surface area contributed by atoms with Gasteiger partial charge in [0.2, 0.25) is 10.0 Å². The Morgan fingerprint density at radius 1 is 1.17 bits per heavy atom. The summed E-state index contributed by atoms with van der Waals surface area (Å²) in [4.78, 5) is 12.3. The first-order valence-electron chi connectivity index (χ1n) is 6.77. The van der Waals surface area contributed by atoms with Gasteiger partial charge in [-0.1, -0.05) is 23.7 Å². The minimum Gasteiger partial charge on any atom is -0.321 e. The molecule has 0 aromatic heterocycles. The highest BCUT2D eigenvalue weighted by Gasteiger charge is 2.24. The molecule has 2 aromatic rings. The predicted molar refractivity (Wildman–Crippen MR) is 90.6 cm³/mol. The lowest BCUT2D eigenvalue weighted by atomic mass is 10.0. The van der Waals surface area contributed by atoms with E-state index in [1.54, 1.807) is 36.4 Å². The molecule has 1 heterocycles. The zero-order valence-electron chi connectivity index (χ0n) is 12.1. The van der Waals surface area contributed by atoms with Crippen LogP contribution in [0.2, 0.25) is 5.02 Å². The number of amides is 1. The molecule has 0 aliphatic carbocycles. The van der Waals surface area contributed by atoms with E-state index in [9.17, 15) is 13.2 Å². The molecule has 7 heteroatoms. The van der Waals surface area contributed by atoms with Gasteiger partial charge in [-0.2, -0.15) is 0 Å². The van der Waals surface area contributed by atoms with Crippen molar-refractivity contribution in [3.63, 3.8) is 0 Å². The van der Waals surface area contributed by atoms with Gasteiger partial charge in [0.25, 0.3) is 5.91 Å². The molecule has 3 rings (SSSR count). The van der Waals surface area contributed by atoms with Crippen molar-refractivity contribution in [2.24, 2.45) is 0 Å². The molecule has 0 bridgehead atoms. The Labute approximate surface area is 139 Å². The van der Waals surface area contributed by atoms with E-state index in [-0.39, 0.29) is 10.8 Å². The van der Waals surface area contributed by atoms with E-state index < -0.39 is 10.0 Å². The number of hydrogen-bond acceptors (Lipinski definition) is 3. The quantitative estimate of drug-likeness (QED) is 0.837. The largest absolute Gasteiger partial charge is 0.321 e. The van der Waals surface area contributed by atoms with Crippen LogP contribution in [-0.4, -0.2) is 21.4 Å². The standard InChI is InChI=1S/C16H13ClN2O3S/c1-18-23(21,22)12-4-2-3-10(7-12)8-14-13-9-11(17)5-6-15(13)19-16(14)20/h2-9,18H,1H3,(H,19,20)/b14-8+. The van der Waals surface area contributed by atoms with E-state index >= 15 is 0 Å². The van der Waals surface area contributed by atoms with Crippen molar-refractivity contribution in [3.8, 4) is 0 Å². The molecule has 0 spiro atoms. The summed E-state index contributed by atoms with van der Waals surface area (Å²) in [6.45, 7) is 0. The fourth-order valence-corrected chi connectivity index (χ4v) is 3.32. The minimum atomic E-state index is -3.54. The summed E-state index contributed by atoms with van der Waals surface area (Å²) < 4.78 is 26.0. The van der Waals surface area contributed by atoms with Gasteiger partial charge in [-0.05, 0) is 49.0 Å². The molecule has 0 atom stereocenters. The van der Waals surface area contributed by atoms with Gasteiger partial charge >= 0.3 is 0 Å². The average molecular weight is 349 g/mol. The molecule has 0 saturated heterocycles. The predicted octanol–water partition coefficient (Wildman–Crippen LogP) is 2.74. The Balaban J connectivity index is 2.08. The van der Waals surface area contributed by atoms with Crippen molar-refractivity contribution in [2.75, 3.05) is 12.4 Å². The first-order valence-corrected chi connectivity index (χ1v) is 8.63. The number of nitrogens with one attached hydrogen (secondary N) is 2. The lowest BCUT2D eigenvalue weighted by Gasteiger charge is -2.04. The van der Waals surface area contributed by atoms with E-state index in [0.717, 1.165) is 0 Å². The Morgan fingerprint density at radius 3 is 2.70 bits per heavy atom. The zero-order valence-corrected chi connectivity index (χ0v) is 13.7. The van der Waals surface area contributed by atoms with Crippen molar-refractivity contribution in [1.82, 2.24) is 4.72 Å². The van der Waals surface area contributed by atoms with E-state index in [0.29, 0.717) is 27.4 Å². The van der Waals surface area contributed by atoms with Gasteiger partial charge in [-0.15, -0.1) is 0 Å². The van der Waals surface area contributed by atoms with Gasteiger partial charge in [-0.25, -0.2) is 13.1 Å². The summed E-state index contributed by atoms with van der Waals surface area (Å²) in [6.07, 6.45) is 1.65. The van der Waals surface area contributed by atoms with Gasteiger partial charge in [0, 0.05) is 21.8 Å². The summed E-state index contributed by atoms with van der Waals surface area (Å²) >= 11 is 5.99. The molecular weight excluding hydrogens is 336 g/mol. The number of anilines is 1. The molecule has 0 radical (unpaired) electrons. The molecule has 0 saturated carbocycles. The number of hydrogen-bond donors (Lipinski definition) is 2. The van der Waals surface area contributed by atoms with Gasteiger partial charge in [-0.3, -0.25) is 4.79 Å². The molecule has 1 aliphatic rings. The van der Waals surface area contributed by atoms with Crippen molar-refractivity contribution in [2.45, 2.75) is 4.90 Å². The summed E-state index contributed by atoms with van der Waals surface area (Å²) in [6, 6.07) is 11.5. The summed E-state index contributed by atoms with van der Waals surface area (Å²) in [7, 11) is -2.19. The Morgan fingerprint density at radius 2 is 1.96 bits per heavy atom. The number of carbonyl (C=O) groups excluding carboxylic acids is 1. The second kappa shape index (κ2) is 5.81. The molecular formula is C16H13ClN2O3S. The smallest absolute Gasteiger partial charge is 0.256 e. The van der Waals surface area contributed by atoms with Crippen LogP contribution in [0, 0.1) is 0 Å². The highest BCUT2D eigenvalue weighted by atomic mass is 35.5. The van der Waals surface area contributed by atoms with Gasteiger partial charge in [0.05, 0.1) is 4.90 Å². The van der Waals surface area contributed by atoms with Crippen molar-refractivity contribution in [3.05, 3.63) is 58.6 Å². The highest BCUT2D eigenvalue weighted by Crippen LogP contribution is 2.35. The van der Waals surface area contributed by atoms with Crippen LogP contribution in [0.3, 0.4) is 0 Å². The fourth-order valence-electron chi connectivity index (χ4n) is 2.36. The van der Waals surface area contributed by atoms with Crippen LogP contribution in [0.4, 0.5) is 5.69 Å². The Kier molecular flexibility index (Phi) is 3.97. The first-order chi connectivity index (χ1) is 10.9. The third-order valence-corrected chi connectivity index (χ3v) is 5.16. The monoisotopic (exact) mass is 348 g/mol. The number of sulfonamides is 1. The molecule has 118 valence electrons. The average Bonchev–Trinajstić information content (AvgIpc) is 2.83. The normalized spacial score (nSPS) is 15.6. The van der Waals surface area contributed by atoms with Crippen LogP contribution in [0.15, 0.2) is 47.4 Å². The number of fused-ring (bicyclic) bond motifs is 1. The molecule has 2 N–H and O–H groups in total. The number of halogens is 1. The van der Waals surface area contributed by atoms with Gasteiger partial charge in [0.15, 0.2) is 0 Å². The van der Waals surface area contributed by atoms with Crippen LogP contribution >= 0.6 is 11.6 Å². The van der Waals surface area contributed by atoms with Crippen molar-refractivity contribution >= 4 is 44.9 Å². The maximum atomic E-state index is 12.1. The SMILES string of the molecule is CNS(=O)(=O)c1cccc(/C=C2/C(=O)Nc3ccc(Cl)cc32)c1.